The number of nitrogens with two attached hydrogens (primary N) is 1. The second-order valence-corrected chi connectivity index (χ2v) is 11.4. The predicted molar refractivity (Wildman–Crippen MR) is 145 cm³/mol. The first-order valence-corrected chi connectivity index (χ1v) is 13.9. The van der Waals surface area contributed by atoms with Crippen LogP contribution in [0, 0.1) is 23.3 Å². The quantitative estimate of drug-likeness (QED) is 0.406. The Morgan fingerprint density at radius 1 is 1.11 bits per heavy atom. The Morgan fingerprint density at radius 3 is 2.45 bits per heavy atom. The molecule has 2 fully saturated rings. The lowest BCUT2D eigenvalue weighted by Gasteiger charge is -2.42. The summed E-state index contributed by atoms with van der Waals surface area (Å²) in [6.07, 6.45) is 0.952. The number of carbonyl (C=O) groups is 2. The van der Waals surface area contributed by atoms with Gasteiger partial charge in [-0.05, 0) is 37.5 Å². The molecule has 1 aromatic heterocycles. The van der Waals surface area contributed by atoms with E-state index in [1.165, 1.54) is 38.8 Å². The summed E-state index contributed by atoms with van der Waals surface area (Å²) in [7, 11) is 0. The van der Waals surface area contributed by atoms with Crippen LogP contribution in [0.3, 0.4) is 0 Å². The van der Waals surface area contributed by atoms with Crippen molar-refractivity contribution in [3.63, 3.8) is 0 Å². The van der Waals surface area contributed by atoms with E-state index in [4.69, 9.17) is 15.3 Å². The molecule has 3 aromatic rings. The van der Waals surface area contributed by atoms with E-state index in [1.54, 1.807) is 6.92 Å². The standard InChI is InChI=1S/C30H28F4N4O6/c1-15-6-7-30(23-13-36(15)29(42)25-27(40)26(39)20(28(35)41)11-37(23)25)10-24(43-14-16-2-4-17(31)5-3-16)38(44-30)12-19-21(33)8-18(32)9-22(19)34/h2-5,8-9,11,15,23-24,40H,6-7,10,12-14H2,1H3,(H2,35,41)/t15-,23+,24?,30-/m0/s1. The van der Waals surface area contributed by atoms with Gasteiger partial charge in [-0.15, -0.1) is 0 Å². The van der Waals surface area contributed by atoms with Gasteiger partial charge in [0.2, 0.25) is 5.43 Å². The molecule has 2 amide bonds. The van der Waals surface area contributed by atoms with Gasteiger partial charge in [0, 0.05) is 42.9 Å². The van der Waals surface area contributed by atoms with Gasteiger partial charge in [-0.1, -0.05) is 12.1 Å². The maximum atomic E-state index is 14.8. The summed E-state index contributed by atoms with van der Waals surface area (Å²) >= 11 is 0. The van der Waals surface area contributed by atoms with Gasteiger partial charge in [0.15, 0.2) is 11.4 Å². The van der Waals surface area contributed by atoms with E-state index in [9.17, 15) is 37.1 Å². The molecule has 2 saturated heterocycles. The normalized spacial score (nSPS) is 24.9. The Labute approximate surface area is 248 Å². The van der Waals surface area contributed by atoms with Crippen molar-refractivity contribution in [3.8, 4) is 5.75 Å². The molecule has 2 bridgehead atoms. The number of ether oxygens (including phenoxy) is 1. The molecule has 0 aliphatic carbocycles. The summed E-state index contributed by atoms with van der Waals surface area (Å²) in [6, 6.07) is 5.49. The molecule has 10 nitrogen and oxygen atoms in total. The fourth-order valence-electron chi connectivity index (χ4n) is 6.32. The monoisotopic (exact) mass is 616 g/mol. The zero-order valence-electron chi connectivity index (χ0n) is 23.4. The van der Waals surface area contributed by atoms with Crippen molar-refractivity contribution in [1.82, 2.24) is 14.5 Å². The Hall–Kier alpha value is -4.27. The number of rotatable bonds is 6. The summed E-state index contributed by atoms with van der Waals surface area (Å²) in [5, 5.41) is 12.0. The number of hydroxylamine groups is 2. The lowest BCUT2D eigenvalue weighted by atomic mass is 9.85. The number of hydrogen-bond donors (Lipinski definition) is 2. The highest BCUT2D eigenvalue weighted by atomic mass is 19.1. The van der Waals surface area contributed by atoms with E-state index in [0.717, 1.165) is 6.20 Å². The van der Waals surface area contributed by atoms with E-state index in [-0.39, 0.29) is 31.3 Å². The van der Waals surface area contributed by atoms with Crippen molar-refractivity contribution in [2.45, 2.75) is 63.3 Å². The van der Waals surface area contributed by atoms with Crippen LogP contribution in [0.4, 0.5) is 17.6 Å². The Balaban J connectivity index is 1.44. The summed E-state index contributed by atoms with van der Waals surface area (Å²) in [4.78, 5) is 46.3. The third-order valence-electron chi connectivity index (χ3n) is 8.69. The first kappa shape index (κ1) is 29.8. The zero-order valence-corrected chi connectivity index (χ0v) is 23.4. The molecule has 44 heavy (non-hydrogen) atoms. The molecule has 232 valence electrons. The van der Waals surface area contributed by atoms with Gasteiger partial charge in [-0.2, -0.15) is 5.06 Å². The van der Waals surface area contributed by atoms with Gasteiger partial charge in [0.25, 0.3) is 11.8 Å². The first-order chi connectivity index (χ1) is 20.9. The summed E-state index contributed by atoms with van der Waals surface area (Å²) in [5.41, 5.74) is 2.34. The number of nitrogens with zero attached hydrogens (tertiary/aromatic N) is 3. The Morgan fingerprint density at radius 2 is 1.80 bits per heavy atom. The number of carbonyl (C=O) groups excluding carboxylic acids is 2. The van der Waals surface area contributed by atoms with Gasteiger partial charge in [-0.25, -0.2) is 17.6 Å². The number of aromatic nitrogens is 1. The first-order valence-electron chi connectivity index (χ1n) is 13.9. The number of benzene rings is 2. The Bertz CT molecular complexity index is 1690. The van der Waals surface area contributed by atoms with Gasteiger partial charge in [0.1, 0.15) is 40.7 Å². The van der Waals surface area contributed by atoms with Crippen molar-refractivity contribution in [1.29, 1.82) is 0 Å². The van der Waals surface area contributed by atoms with Crippen molar-refractivity contribution in [3.05, 3.63) is 98.5 Å². The molecule has 14 heteroatoms. The molecule has 4 heterocycles. The van der Waals surface area contributed by atoms with Crippen molar-refractivity contribution < 1.29 is 41.8 Å². The van der Waals surface area contributed by atoms with Gasteiger partial charge < -0.3 is 25.0 Å². The SMILES string of the molecule is C[C@H]1CC[C@]2(CC(OCc3ccc(F)cc3)N(Cc3c(F)cc(F)cc3F)O2)[C@H]2CN1C(=O)c1c(O)c(=O)c(C(N)=O)cn12. The fourth-order valence-corrected chi connectivity index (χ4v) is 6.32. The largest absolute Gasteiger partial charge is 0.503 e. The van der Waals surface area contributed by atoms with E-state index in [0.29, 0.717) is 30.5 Å². The second kappa shape index (κ2) is 11.0. The highest BCUT2D eigenvalue weighted by Crippen LogP contribution is 2.49. The third kappa shape index (κ3) is 5.02. The maximum Gasteiger partial charge on any atom is 0.274 e. The maximum absolute atomic E-state index is 14.8. The van der Waals surface area contributed by atoms with E-state index < -0.39 is 81.8 Å². The zero-order chi connectivity index (χ0) is 31.5. The highest BCUT2D eigenvalue weighted by Gasteiger charge is 2.57. The van der Waals surface area contributed by atoms with Crippen molar-refractivity contribution in [2.24, 2.45) is 5.73 Å². The highest BCUT2D eigenvalue weighted by molar-refractivity contribution is 5.99. The minimum atomic E-state index is -1.24. The fraction of sp³-hybridized carbons (Fsp3) is 0.367. The number of aromatic hydroxyl groups is 1. The van der Waals surface area contributed by atoms with Crippen LogP contribution in [-0.4, -0.2) is 55.9 Å². The molecule has 3 aliphatic rings. The van der Waals surface area contributed by atoms with Crippen molar-refractivity contribution >= 4 is 11.8 Å². The van der Waals surface area contributed by atoms with E-state index >= 15 is 0 Å². The van der Waals surface area contributed by atoms with Crippen LogP contribution < -0.4 is 11.2 Å². The van der Waals surface area contributed by atoms with Crippen LogP contribution in [-0.2, 0) is 22.7 Å². The van der Waals surface area contributed by atoms with Crippen LogP contribution in [0.15, 0.2) is 47.4 Å². The molecule has 4 atom stereocenters. The average molecular weight is 617 g/mol. The number of primary amides is 1. The van der Waals surface area contributed by atoms with Crippen LogP contribution in [0.2, 0.25) is 0 Å². The van der Waals surface area contributed by atoms with Crippen LogP contribution >= 0.6 is 0 Å². The van der Waals surface area contributed by atoms with Gasteiger partial charge >= 0.3 is 0 Å². The molecule has 1 unspecified atom stereocenters. The van der Waals surface area contributed by atoms with E-state index in [2.05, 4.69) is 0 Å². The minimum absolute atomic E-state index is 0.0309. The molecule has 1 spiro atoms. The van der Waals surface area contributed by atoms with Gasteiger partial charge in [0.05, 0.1) is 19.2 Å². The Kier molecular flexibility index (Phi) is 7.46. The third-order valence-corrected chi connectivity index (χ3v) is 8.69. The molecular formula is C30H28F4N4O6. The predicted octanol–water partition coefficient (Wildman–Crippen LogP) is 3.51. The molecule has 2 aromatic carbocycles. The smallest absolute Gasteiger partial charge is 0.274 e. The summed E-state index contributed by atoms with van der Waals surface area (Å²) < 4.78 is 64.2. The lowest BCUT2D eigenvalue weighted by Crippen LogP contribution is -2.52. The lowest BCUT2D eigenvalue weighted by molar-refractivity contribution is -0.258. The van der Waals surface area contributed by atoms with Gasteiger partial charge in [-0.3, -0.25) is 19.2 Å². The number of hydrogen-bond acceptors (Lipinski definition) is 7. The summed E-state index contributed by atoms with van der Waals surface area (Å²) in [5.74, 6) is -6.46. The number of halogens is 4. The second-order valence-electron chi connectivity index (χ2n) is 11.4. The van der Waals surface area contributed by atoms with Crippen LogP contribution in [0.25, 0.3) is 0 Å². The number of pyridine rings is 1. The topological polar surface area (TPSA) is 127 Å². The molecular weight excluding hydrogens is 588 g/mol. The molecule has 3 aliphatic heterocycles. The molecule has 0 saturated carbocycles. The molecule has 0 radical (unpaired) electrons. The van der Waals surface area contributed by atoms with Crippen molar-refractivity contribution in [2.75, 3.05) is 6.54 Å². The van der Waals surface area contributed by atoms with Crippen LogP contribution in [0.5, 0.6) is 5.75 Å². The van der Waals surface area contributed by atoms with Crippen LogP contribution in [0.1, 0.15) is 64.2 Å². The van der Waals surface area contributed by atoms with E-state index in [1.807, 2.05) is 0 Å². The number of amides is 2. The minimum Gasteiger partial charge on any atom is -0.503 e. The molecule has 6 rings (SSSR count). The average Bonchev–Trinajstić information content (AvgIpc) is 3.27. The molecule has 3 N–H and O–H groups in total. The summed E-state index contributed by atoms with van der Waals surface area (Å²) in [6.45, 7) is 1.32. The number of fused-ring (bicyclic) bond motifs is 5.